The quantitative estimate of drug-likeness (QED) is 0.902. The van der Waals surface area contributed by atoms with Crippen molar-refractivity contribution in [2.24, 2.45) is 0 Å². The maximum absolute atomic E-state index is 4.60. The van der Waals surface area contributed by atoms with Crippen LogP contribution in [-0.2, 0) is 19.5 Å². The molecule has 1 fully saturated rings. The first-order valence-corrected chi connectivity index (χ1v) is 7.03. The molecule has 1 heterocycles. The highest BCUT2D eigenvalue weighted by Gasteiger charge is 2.19. The molecular weight excluding hydrogens is 266 g/mol. The molecule has 0 aliphatic heterocycles. The number of nitrogens with zero attached hydrogens (tertiary/aromatic N) is 2. The Morgan fingerprint density at radius 2 is 2.19 bits per heavy atom. The average Bonchev–Trinajstić information content (AvgIpc) is 2.53. The van der Waals surface area contributed by atoms with Gasteiger partial charge in [-0.1, -0.05) is 13.3 Å². The standard InChI is InChI=1S/C12H20BrN3/c1-3-10-12(13)11(16(4-2)15-10)8-14-9-6-5-7-9/h9,14H,3-8H2,1-2H3. The second kappa shape index (κ2) is 5.32. The van der Waals surface area contributed by atoms with Gasteiger partial charge in [0.25, 0.3) is 0 Å². The molecule has 0 amide bonds. The van der Waals surface area contributed by atoms with Crippen molar-refractivity contribution in [1.29, 1.82) is 0 Å². The van der Waals surface area contributed by atoms with Crippen LogP contribution < -0.4 is 5.32 Å². The molecule has 3 nitrogen and oxygen atoms in total. The van der Waals surface area contributed by atoms with Crippen LogP contribution >= 0.6 is 15.9 Å². The second-order valence-corrected chi connectivity index (χ2v) is 5.18. The third kappa shape index (κ3) is 2.33. The number of rotatable bonds is 5. The van der Waals surface area contributed by atoms with Gasteiger partial charge in [-0.15, -0.1) is 0 Å². The molecule has 2 rings (SSSR count). The lowest BCUT2D eigenvalue weighted by Gasteiger charge is -2.26. The van der Waals surface area contributed by atoms with E-state index in [1.165, 1.54) is 35.1 Å². The molecule has 0 atom stereocenters. The summed E-state index contributed by atoms with van der Waals surface area (Å²) in [5.74, 6) is 0. The van der Waals surface area contributed by atoms with Crippen LogP contribution in [0.5, 0.6) is 0 Å². The smallest absolute Gasteiger partial charge is 0.0767 e. The zero-order valence-corrected chi connectivity index (χ0v) is 11.7. The van der Waals surface area contributed by atoms with Crippen LogP contribution in [0.15, 0.2) is 4.47 Å². The Bertz CT molecular complexity index is 355. The minimum atomic E-state index is 0.734. The Kier molecular flexibility index (Phi) is 4.03. The van der Waals surface area contributed by atoms with E-state index in [1.54, 1.807) is 0 Å². The highest BCUT2D eigenvalue weighted by molar-refractivity contribution is 9.10. The fourth-order valence-corrected chi connectivity index (χ4v) is 2.74. The first kappa shape index (κ1) is 12.1. The Morgan fingerprint density at radius 3 is 2.69 bits per heavy atom. The van der Waals surface area contributed by atoms with Crippen LogP contribution in [0.2, 0.25) is 0 Å². The van der Waals surface area contributed by atoms with Crippen LogP contribution in [0.4, 0.5) is 0 Å². The van der Waals surface area contributed by atoms with Gasteiger partial charge in [-0.2, -0.15) is 5.10 Å². The lowest BCUT2D eigenvalue weighted by molar-refractivity contribution is 0.334. The topological polar surface area (TPSA) is 29.9 Å². The summed E-state index contributed by atoms with van der Waals surface area (Å²) in [6.45, 7) is 6.17. The van der Waals surface area contributed by atoms with E-state index < -0.39 is 0 Å². The number of hydrogen-bond acceptors (Lipinski definition) is 2. The Morgan fingerprint density at radius 1 is 1.44 bits per heavy atom. The largest absolute Gasteiger partial charge is 0.308 e. The molecule has 1 aliphatic rings. The van der Waals surface area contributed by atoms with Crippen molar-refractivity contribution >= 4 is 15.9 Å². The predicted molar refractivity (Wildman–Crippen MR) is 69.5 cm³/mol. The fourth-order valence-electron chi connectivity index (χ4n) is 2.04. The normalized spacial score (nSPS) is 16.4. The summed E-state index contributed by atoms with van der Waals surface area (Å²) >= 11 is 3.67. The molecular formula is C12H20BrN3. The van der Waals surface area contributed by atoms with Gasteiger partial charge in [0.2, 0.25) is 0 Å². The maximum atomic E-state index is 4.60. The van der Waals surface area contributed by atoms with Crippen LogP contribution in [0.25, 0.3) is 0 Å². The van der Waals surface area contributed by atoms with Crippen molar-refractivity contribution in [2.45, 2.75) is 58.7 Å². The number of halogens is 1. The van der Waals surface area contributed by atoms with E-state index in [0.717, 1.165) is 25.6 Å². The van der Waals surface area contributed by atoms with Gasteiger partial charge in [0.15, 0.2) is 0 Å². The van der Waals surface area contributed by atoms with Crippen LogP contribution in [0.3, 0.4) is 0 Å². The predicted octanol–water partition coefficient (Wildman–Crippen LogP) is 2.87. The summed E-state index contributed by atoms with van der Waals surface area (Å²) in [5.41, 5.74) is 2.47. The van der Waals surface area contributed by atoms with Gasteiger partial charge in [0, 0.05) is 19.1 Å². The van der Waals surface area contributed by atoms with E-state index in [2.05, 4.69) is 44.9 Å². The molecule has 1 aliphatic carbocycles. The van der Waals surface area contributed by atoms with Gasteiger partial charge in [0.05, 0.1) is 15.9 Å². The van der Waals surface area contributed by atoms with Crippen molar-refractivity contribution in [3.8, 4) is 0 Å². The van der Waals surface area contributed by atoms with Crippen molar-refractivity contribution < 1.29 is 0 Å². The highest BCUT2D eigenvalue weighted by atomic mass is 79.9. The minimum Gasteiger partial charge on any atom is -0.308 e. The summed E-state index contributed by atoms with van der Waals surface area (Å²) in [6, 6.07) is 0.734. The number of nitrogens with one attached hydrogen (secondary N) is 1. The van der Waals surface area contributed by atoms with Crippen molar-refractivity contribution in [2.75, 3.05) is 0 Å². The monoisotopic (exact) mass is 285 g/mol. The second-order valence-electron chi connectivity index (χ2n) is 4.39. The molecule has 90 valence electrons. The minimum absolute atomic E-state index is 0.734. The molecule has 0 bridgehead atoms. The van der Waals surface area contributed by atoms with Gasteiger partial charge in [-0.3, -0.25) is 4.68 Å². The van der Waals surface area contributed by atoms with E-state index in [1.807, 2.05) is 0 Å². The summed E-state index contributed by atoms with van der Waals surface area (Å²) in [6.07, 6.45) is 5.03. The first-order valence-electron chi connectivity index (χ1n) is 6.23. The third-order valence-electron chi connectivity index (χ3n) is 3.36. The Labute approximate surface area is 106 Å². The van der Waals surface area contributed by atoms with Crippen molar-refractivity contribution in [3.63, 3.8) is 0 Å². The molecule has 1 N–H and O–H groups in total. The van der Waals surface area contributed by atoms with Gasteiger partial charge >= 0.3 is 0 Å². The molecule has 1 saturated carbocycles. The van der Waals surface area contributed by atoms with Crippen LogP contribution in [0.1, 0.15) is 44.5 Å². The lowest BCUT2D eigenvalue weighted by Crippen LogP contribution is -2.35. The number of aryl methyl sites for hydroxylation is 2. The summed E-state index contributed by atoms with van der Waals surface area (Å²) in [5, 5.41) is 8.20. The van der Waals surface area contributed by atoms with Gasteiger partial charge < -0.3 is 5.32 Å². The van der Waals surface area contributed by atoms with E-state index >= 15 is 0 Å². The summed E-state index contributed by atoms with van der Waals surface area (Å²) in [4.78, 5) is 0. The van der Waals surface area contributed by atoms with E-state index in [4.69, 9.17) is 0 Å². The van der Waals surface area contributed by atoms with Crippen LogP contribution in [-0.4, -0.2) is 15.8 Å². The lowest BCUT2D eigenvalue weighted by atomic mass is 9.93. The number of hydrogen-bond donors (Lipinski definition) is 1. The molecule has 0 aromatic carbocycles. The number of aromatic nitrogens is 2. The highest BCUT2D eigenvalue weighted by Crippen LogP contribution is 2.24. The summed E-state index contributed by atoms with van der Waals surface area (Å²) in [7, 11) is 0. The van der Waals surface area contributed by atoms with E-state index in [0.29, 0.717) is 0 Å². The maximum Gasteiger partial charge on any atom is 0.0767 e. The molecule has 1 aromatic rings. The van der Waals surface area contributed by atoms with Gasteiger partial charge in [-0.25, -0.2) is 0 Å². The van der Waals surface area contributed by atoms with Gasteiger partial charge in [0.1, 0.15) is 0 Å². The summed E-state index contributed by atoms with van der Waals surface area (Å²) < 4.78 is 3.30. The van der Waals surface area contributed by atoms with Crippen LogP contribution in [0, 0.1) is 0 Å². The molecule has 4 heteroatoms. The molecule has 0 saturated heterocycles. The van der Waals surface area contributed by atoms with Gasteiger partial charge in [-0.05, 0) is 42.1 Å². The molecule has 0 spiro atoms. The van der Waals surface area contributed by atoms with E-state index in [-0.39, 0.29) is 0 Å². The average molecular weight is 286 g/mol. The van der Waals surface area contributed by atoms with Crippen molar-refractivity contribution in [3.05, 3.63) is 15.9 Å². The fraction of sp³-hybridized carbons (Fsp3) is 0.750. The molecule has 0 unspecified atom stereocenters. The molecule has 0 radical (unpaired) electrons. The van der Waals surface area contributed by atoms with E-state index in [9.17, 15) is 0 Å². The first-order chi connectivity index (χ1) is 7.76. The zero-order chi connectivity index (χ0) is 11.5. The Balaban J connectivity index is 2.07. The SMILES string of the molecule is CCc1nn(CC)c(CNC2CCC2)c1Br. The molecule has 16 heavy (non-hydrogen) atoms. The molecule has 1 aromatic heterocycles. The third-order valence-corrected chi connectivity index (χ3v) is 4.27. The van der Waals surface area contributed by atoms with Crippen molar-refractivity contribution in [1.82, 2.24) is 15.1 Å². The zero-order valence-electron chi connectivity index (χ0n) is 10.1. The Hall–Kier alpha value is -0.350.